The maximum absolute atomic E-state index is 5.59. The number of aromatic nitrogens is 1. The number of nitrogens with one attached hydrogen (secondary N) is 1. The lowest BCUT2D eigenvalue weighted by Crippen LogP contribution is -2.37. The smallest absolute Gasteiger partial charge is 0.0944 e. The van der Waals surface area contributed by atoms with Crippen LogP contribution in [0.15, 0.2) is 5.38 Å². The molecule has 0 aliphatic carbocycles. The third-order valence-electron chi connectivity index (χ3n) is 2.73. The fraction of sp³-hybridized carbons (Fsp3) is 0.769. The highest BCUT2D eigenvalue weighted by Gasteiger charge is 2.19. The standard InChI is InChI=1S/C13H25N3S/c1-9(2)6-10(16-14)7-12-15-11(8-17-12)13(3,4)5/h8-10,16H,6-7,14H2,1-5H3. The molecule has 3 nitrogen and oxygen atoms in total. The Balaban J connectivity index is 2.65. The summed E-state index contributed by atoms with van der Waals surface area (Å²) in [6.45, 7) is 11.0. The van der Waals surface area contributed by atoms with Gasteiger partial charge in [0.1, 0.15) is 0 Å². The molecule has 0 aliphatic heterocycles. The first-order chi connectivity index (χ1) is 7.82. The summed E-state index contributed by atoms with van der Waals surface area (Å²) in [5, 5.41) is 3.34. The molecule has 1 atom stereocenters. The summed E-state index contributed by atoms with van der Waals surface area (Å²) in [7, 11) is 0. The quantitative estimate of drug-likeness (QED) is 0.628. The molecule has 0 radical (unpaired) electrons. The van der Waals surface area contributed by atoms with Crippen molar-refractivity contribution in [1.82, 2.24) is 10.4 Å². The van der Waals surface area contributed by atoms with Crippen LogP contribution in [0.1, 0.15) is 51.7 Å². The highest BCUT2D eigenvalue weighted by molar-refractivity contribution is 7.09. The van der Waals surface area contributed by atoms with Crippen molar-refractivity contribution in [3.8, 4) is 0 Å². The second-order valence-electron chi connectivity index (χ2n) is 6.07. The number of nitrogens with two attached hydrogens (primary N) is 1. The first kappa shape index (κ1) is 14.6. The first-order valence-electron chi connectivity index (χ1n) is 6.24. The Labute approximate surface area is 109 Å². The minimum Gasteiger partial charge on any atom is -0.271 e. The molecular formula is C13H25N3S. The molecule has 0 spiro atoms. The van der Waals surface area contributed by atoms with E-state index in [1.54, 1.807) is 11.3 Å². The fourth-order valence-corrected chi connectivity index (χ4v) is 2.84. The van der Waals surface area contributed by atoms with Crippen LogP contribution in [-0.2, 0) is 11.8 Å². The molecule has 17 heavy (non-hydrogen) atoms. The third-order valence-corrected chi connectivity index (χ3v) is 3.60. The van der Waals surface area contributed by atoms with E-state index in [1.807, 2.05) is 0 Å². The van der Waals surface area contributed by atoms with E-state index in [9.17, 15) is 0 Å². The van der Waals surface area contributed by atoms with E-state index in [0.29, 0.717) is 12.0 Å². The number of nitrogens with zero attached hydrogens (tertiary/aromatic N) is 1. The van der Waals surface area contributed by atoms with Crippen molar-refractivity contribution in [2.45, 2.75) is 58.9 Å². The minimum absolute atomic E-state index is 0.137. The number of thiazole rings is 1. The van der Waals surface area contributed by atoms with Gasteiger partial charge in [-0.3, -0.25) is 11.3 Å². The highest BCUT2D eigenvalue weighted by Crippen LogP contribution is 2.24. The summed E-state index contributed by atoms with van der Waals surface area (Å²) in [6.07, 6.45) is 2.01. The van der Waals surface area contributed by atoms with Crippen LogP contribution in [0.5, 0.6) is 0 Å². The Hall–Kier alpha value is -0.450. The summed E-state index contributed by atoms with van der Waals surface area (Å²) < 4.78 is 0. The second-order valence-corrected chi connectivity index (χ2v) is 7.02. The van der Waals surface area contributed by atoms with Crippen molar-refractivity contribution >= 4 is 11.3 Å². The van der Waals surface area contributed by atoms with Crippen LogP contribution in [0.25, 0.3) is 0 Å². The zero-order chi connectivity index (χ0) is 13.1. The van der Waals surface area contributed by atoms with Crippen molar-refractivity contribution in [2.75, 3.05) is 0 Å². The molecule has 0 fully saturated rings. The maximum atomic E-state index is 5.59. The molecule has 4 heteroatoms. The molecule has 1 aromatic rings. The zero-order valence-corrected chi connectivity index (χ0v) is 12.4. The summed E-state index contributed by atoms with van der Waals surface area (Å²) in [5.74, 6) is 6.24. The monoisotopic (exact) mass is 255 g/mol. The Kier molecular flexibility index (Phi) is 5.10. The summed E-state index contributed by atoms with van der Waals surface area (Å²) in [6, 6.07) is 0.328. The van der Waals surface area contributed by atoms with Gasteiger partial charge in [0.05, 0.1) is 10.7 Å². The number of hydrogen-bond acceptors (Lipinski definition) is 4. The molecule has 1 rings (SSSR count). The Morgan fingerprint density at radius 1 is 1.41 bits per heavy atom. The molecule has 0 saturated heterocycles. The van der Waals surface area contributed by atoms with Gasteiger partial charge >= 0.3 is 0 Å². The lowest BCUT2D eigenvalue weighted by atomic mass is 9.93. The molecule has 98 valence electrons. The molecule has 1 unspecified atom stereocenters. The summed E-state index contributed by atoms with van der Waals surface area (Å²) in [4.78, 5) is 4.70. The van der Waals surface area contributed by atoms with Gasteiger partial charge in [0.2, 0.25) is 0 Å². The van der Waals surface area contributed by atoms with E-state index in [2.05, 4.69) is 45.4 Å². The molecule has 0 aliphatic rings. The van der Waals surface area contributed by atoms with Crippen LogP contribution in [0, 0.1) is 5.92 Å². The lowest BCUT2D eigenvalue weighted by Gasteiger charge is -2.17. The van der Waals surface area contributed by atoms with Gasteiger partial charge in [0, 0.05) is 23.3 Å². The molecule has 1 heterocycles. The van der Waals surface area contributed by atoms with Crippen LogP contribution >= 0.6 is 11.3 Å². The number of hydrogen-bond donors (Lipinski definition) is 2. The largest absolute Gasteiger partial charge is 0.271 e. The van der Waals surface area contributed by atoms with E-state index in [-0.39, 0.29) is 5.41 Å². The van der Waals surface area contributed by atoms with E-state index < -0.39 is 0 Å². The first-order valence-corrected chi connectivity index (χ1v) is 7.12. The molecule has 3 N–H and O–H groups in total. The van der Waals surface area contributed by atoms with Gasteiger partial charge in [0.15, 0.2) is 0 Å². The van der Waals surface area contributed by atoms with Crippen LogP contribution in [0.3, 0.4) is 0 Å². The molecule has 0 aromatic carbocycles. The van der Waals surface area contributed by atoms with E-state index in [4.69, 9.17) is 10.8 Å². The van der Waals surface area contributed by atoms with Gasteiger partial charge in [-0.15, -0.1) is 11.3 Å². The predicted octanol–water partition coefficient (Wildman–Crippen LogP) is 2.86. The molecule has 1 aromatic heterocycles. The zero-order valence-electron chi connectivity index (χ0n) is 11.6. The lowest BCUT2D eigenvalue weighted by molar-refractivity contribution is 0.422. The third kappa shape index (κ3) is 4.74. The molecule has 0 amide bonds. The maximum Gasteiger partial charge on any atom is 0.0944 e. The molecule has 0 saturated carbocycles. The summed E-state index contributed by atoms with van der Waals surface area (Å²) in [5.41, 5.74) is 4.21. The summed E-state index contributed by atoms with van der Waals surface area (Å²) >= 11 is 1.74. The SMILES string of the molecule is CC(C)CC(Cc1nc(C(C)(C)C)cs1)NN. The highest BCUT2D eigenvalue weighted by atomic mass is 32.1. The number of rotatable bonds is 5. The van der Waals surface area contributed by atoms with E-state index in [0.717, 1.165) is 12.8 Å². The van der Waals surface area contributed by atoms with Crippen molar-refractivity contribution in [3.63, 3.8) is 0 Å². The van der Waals surface area contributed by atoms with Crippen LogP contribution < -0.4 is 11.3 Å². The number of hydrazine groups is 1. The van der Waals surface area contributed by atoms with Crippen molar-refractivity contribution in [1.29, 1.82) is 0 Å². The van der Waals surface area contributed by atoms with Gasteiger partial charge in [-0.1, -0.05) is 34.6 Å². The van der Waals surface area contributed by atoms with Crippen molar-refractivity contribution in [3.05, 3.63) is 16.1 Å². The van der Waals surface area contributed by atoms with Crippen LogP contribution in [0.4, 0.5) is 0 Å². The van der Waals surface area contributed by atoms with Gasteiger partial charge in [-0.2, -0.15) is 0 Å². The van der Waals surface area contributed by atoms with Crippen molar-refractivity contribution in [2.24, 2.45) is 11.8 Å². The average Bonchev–Trinajstić information content (AvgIpc) is 2.63. The Morgan fingerprint density at radius 2 is 2.06 bits per heavy atom. The van der Waals surface area contributed by atoms with Gasteiger partial charge < -0.3 is 0 Å². The molecule has 0 bridgehead atoms. The minimum atomic E-state index is 0.137. The Bertz CT molecular complexity index is 339. The fourth-order valence-electron chi connectivity index (χ4n) is 1.74. The van der Waals surface area contributed by atoms with Crippen molar-refractivity contribution < 1.29 is 0 Å². The van der Waals surface area contributed by atoms with Gasteiger partial charge in [-0.05, 0) is 12.3 Å². The van der Waals surface area contributed by atoms with Crippen LogP contribution in [-0.4, -0.2) is 11.0 Å². The van der Waals surface area contributed by atoms with E-state index in [1.165, 1.54) is 10.7 Å². The second kappa shape index (κ2) is 5.94. The van der Waals surface area contributed by atoms with E-state index >= 15 is 0 Å². The van der Waals surface area contributed by atoms with Gasteiger partial charge in [-0.25, -0.2) is 4.98 Å². The van der Waals surface area contributed by atoms with Crippen LogP contribution in [0.2, 0.25) is 0 Å². The molecular weight excluding hydrogens is 230 g/mol. The topological polar surface area (TPSA) is 50.9 Å². The van der Waals surface area contributed by atoms with Gasteiger partial charge in [0.25, 0.3) is 0 Å². The average molecular weight is 255 g/mol. The predicted molar refractivity (Wildman–Crippen MR) is 75.1 cm³/mol. The Morgan fingerprint density at radius 3 is 2.47 bits per heavy atom. The normalized spacial score (nSPS) is 14.3.